The molecule has 1 aromatic carbocycles. The summed E-state index contributed by atoms with van der Waals surface area (Å²) in [6, 6.07) is 5.97. The van der Waals surface area contributed by atoms with Crippen molar-refractivity contribution in [1.82, 2.24) is 0 Å². The largest absolute Gasteiger partial charge is 0.496 e. The first-order valence-corrected chi connectivity index (χ1v) is 5.18. The van der Waals surface area contributed by atoms with Crippen molar-refractivity contribution in [3.05, 3.63) is 29.3 Å². The summed E-state index contributed by atoms with van der Waals surface area (Å²) in [6.45, 7) is 2.04. The first-order valence-electron chi connectivity index (χ1n) is 4.65. The lowest BCUT2D eigenvalue weighted by molar-refractivity contribution is 0.405. The molecule has 0 saturated heterocycles. The van der Waals surface area contributed by atoms with E-state index < -0.39 is 0 Å². The van der Waals surface area contributed by atoms with Crippen LogP contribution in [0.5, 0.6) is 5.75 Å². The van der Waals surface area contributed by atoms with Crippen molar-refractivity contribution in [3.63, 3.8) is 0 Å². The second kappa shape index (κ2) is 5.23. The summed E-state index contributed by atoms with van der Waals surface area (Å²) >= 11 is 5.66. The second-order valence-electron chi connectivity index (χ2n) is 3.33. The van der Waals surface area contributed by atoms with Crippen molar-refractivity contribution >= 4 is 11.6 Å². The quantitative estimate of drug-likeness (QED) is 0.781. The lowest BCUT2D eigenvalue weighted by Gasteiger charge is -2.15. The Bertz CT molecular complexity index is 301. The van der Waals surface area contributed by atoms with Crippen LogP contribution in [0.4, 0.5) is 0 Å². The van der Waals surface area contributed by atoms with E-state index in [0.717, 1.165) is 17.7 Å². The number of rotatable bonds is 4. The summed E-state index contributed by atoms with van der Waals surface area (Å²) in [5, 5.41) is 0. The second-order valence-corrected chi connectivity index (χ2v) is 3.71. The molecule has 0 bridgehead atoms. The molecule has 78 valence electrons. The summed E-state index contributed by atoms with van der Waals surface area (Å²) in [5.74, 6) is 1.41. The van der Waals surface area contributed by atoms with Gasteiger partial charge in [0.05, 0.1) is 7.11 Å². The average Bonchev–Trinajstić information content (AvgIpc) is 2.18. The van der Waals surface area contributed by atoms with Gasteiger partial charge in [0.1, 0.15) is 5.75 Å². The number of nitrogens with two attached hydrogens (primary N) is 1. The third-order valence-corrected chi connectivity index (χ3v) is 2.42. The van der Waals surface area contributed by atoms with Crippen LogP contribution in [0.15, 0.2) is 18.2 Å². The van der Waals surface area contributed by atoms with E-state index >= 15 is 0 Å². The fraction of sp³-hybridized carbons (Fsp3) is 0.455. The van der Waals surface area contributed by atoms with Gasteiger partial charge in [0.2, 0.25) is 0 Å². The molecular weight excluding hydrogens is 198 g/mol. The van der Waals surface area contributed by atoms with Crippen LogP contribution < -0.4 is 10.5 Å². The molecule has 1 rings (SSSR count). The molecule has 0 aliphatic heterocycles. The topological polar surface area (TPSA) is 35.2 Å². The third kappa shape index (κ3) is 2.63. The molecule has 0 radical (unpaired) electrons. The zero-order valence-electron chi connectivity index (χ0n) is 8.59. The molecule has 0 amide bonds. The third-order valence-electron chi connectivity index (χ3n) is 2.20. The van der Waals surface area contributed by atoms with Gasteiger partial charge >= 0.3 is 0 Å². The maximum atomic E-state index is 5.99. The molecule has 2 nitrogen and oxygen atoms in total. The predicted molar refractivity (Wildman–Crippen MR) is 60.0 cm³/mol. The van der Waals surface area contributed by atoms with Crippen LogP contribution in [0.25, 0.3) is 0 Å². The van der Waals surface area contributed by atoms with E-state index in [4.69, 9.17) is 22.1 Å². The summed E-state index contributed by atoms with van der Waals surface area (Å²) in [5.41, 5.74) is 8.21. The molecule has 0 spiro atoms. The molecule has 14 heavy (non-hydrogen) atoms. The minimum absolute atomic E-state index is 0.0395. The van der Waals surface area contributed by atoms with Gasteiger partial charge in [-0.1, -0.05) is 17.7 Å². The lowest BCUT2D eigenvalue weighted by atomic mass is 10.0. The molecule has 0 fully saturated rings. The molecule has 0 saturated carbocycles. The standard InChI is InChI=1S/C11H16ClNO/c1-8-3-4-11(14-2)9(7-8)10(13)5-6-12/h3-4,7,10H,5-6,13H2,1-2H3. The highest BCUT2D eigenvalue weighted by molar-refractivity contribution is 6.17. The van der Waals surface area contributed by atoms with Crippen LogP contribution >= 0.6 is 11.6 Å². The number of aryl methyl sites for hydroxylation is 1. The van der Waals surface area contributed by atoms with Crippen LogP contribution in [-0.2, 0) is 0 Å². The van der Waals surface area contributed by atoms with Crippen molar-refractivity contribution in [2.75, 3.05) is 13.0 Å². The number of ether oxygens (including phenoxy) is 1. The first-order chi connectivity index (χ1) is 6.69. The van der Waals surface area contributed by atoms with Crippen LogP contribution in [0, 0.1) is 6.92 Å². The lowest BCUT2D eigenvalue weighted by Crippen LogP contribution is -2.12. The smallest absolute Gasteiger partial charge is 0.123 e. The highest BCUT2D eigenvalue weighted by Crippen LogP contribution is 2.26. The molecular formula is C11H16ClNO. The fourth-order valence-corrected chi connectivity index (χ4v) is 1.65. The van der Waals surface area contributed by atoms with E-state index in [9.17, 15) is 0 Å². The Morgan fingerprint density at radius 3 is 2.79 bits per heavy atom. The van der Waals surface area contributed by atoms with E-state index in [-0.39, 0.29) is 6.04 Å². The molecule has 1 atom stereocenters. The summed E-state index contributed by atoms with van der Waals surface area (Å²) < 4.78 is 5.24. The molecule has 0 aromatic heterocycles. The Labute approximate surface area is 90.0 Å². The van der Waals surface area contributed by atoms with Crippen LogP contribution in [0.3, 0.4) is 0 Å². The van der Waals surface area contributed by atoms with Crippen molar-refractivity contribution in [2.45, 2.75) is 19.4 Å². The summed E-state index contributed by atoms with van der Waals surface area (Å²) in [4.78, 5) is 0. The number of alkyl halides is 1. The minimum Gasteiger partial charge on any atom is -0.496 e. The molecule has 0 heterocycles. The maximum absolute atomic E-state index is 5.99. The highest BCUT2D eigenvalue weighted by atomic mass is 35.5. The summed E-state index contributed by atoms with van der Waals surface area (Å²) in [6.07, 6.45) is 0.765. The Morgan fingerprint density at radius 1 is 1.50 bits per heavy atom. The van der Waals surface area contributed by atoms with Gasteiger partial charge in [-0.3, -0.25) is 0 Å². The van der Waals surface area contributed by atoms with E-state index in [2.05, 4.69) is 6.07 Å². The first kappa shape index (κ1) is 11.3. The molecule has 0 aliphatic carbocycles. The van der Waals surface area contributed by atoms with Crippen LogP contribution in [0.2, 0.25) is 0 Å². The Kier molecular flexibility index (Phi) is 4.23. The van der Waals surface area contributed by atoms with E-state index in [1.165, 1.54) is 5.56 Å². The van der Waals surface area contributed by atoms with Crippen molar-refractivity contribution in [3.8, 4) is 5.75 Å². The zero-order chi connectivity index (χ0) is 10.6. The van der Waals surface area contributed by atoms with E-state index in [1.807, 2.05) is 19.1 Å². The maximum Gasteiger partial charge on any atom is 0.123 e. The number of methoxy groups -OCH3 is 1. The molecule has 0 aliphatic rings. The molecule has 3 heteroatoms. The van der Waals surface area contributed by atoms with Crippen LogP contribution in [-0.4, -0.2) is 13.0 Å². The average molecular weight is 214 g/mol. The van der Waals surface area contributed by atoms with Gasteiger partial charge < -0.3 is 10.5 Å². The van der Waals surface area contributed by atoms with Gasteiger partial charge in [0.25, 0.3) is 0 Å². The number of benzene rings is 1. The SMILES string of the molecule is COc1ccc(C)cc1C(N)CCCl. The van der Waals surface area contributed by atoms with Crippen molar-refractivity contribution in [1.29, 1.82) is 0 Å². The van der Waals surface area contributed by atoms with E-state index in [1.54, 1.807) is 7.11 Å². The highest BCUT2D eigenvalue weighted by Gasteiger charge is 2.11. The van der Waals surface area contributed by atoms with Crippen molar-refractivity contribution in [2.24, 2.45) is 5.73 Å². The normalized spacial score (nSPS) is 12.6. The van der Waals surface area contributed by atoms with Gasteiger partial charge in [-0.15, -0.1) is 11.6 Å². The van der Waals surface area contributed by atoms with Gasteiger partial charge in [-0.2, -0.15) is 0 Å². The van der Waals surface area contributed by atoms with Crippen LogP contribution in [0.1, 0.15) is 23.6 Å². The van der Waals surface area contributed by atoms with Gasteiger partial charge in [0.15, 0.2) is 0 Å². The number of hydrogen-bond acceptors (Lipinski definition) is 2. The Hall–Kier alpha value is -0.730. The minimum atomic E-state index is -0.0395. The van der Waals surface area contributed by atoms with Gasteiger partial charge in [0, 0.05) is 17.5 Å². The molecule has 1 aromatic rings. The van der Waals surface area contributed by atoms with Gasteiger partial charge in [-0.05, 0) is 19.4 Å². The Balaban J connectivity index is 2.97. The summed E-state index contributed by atoms with van der Waals surface area (Å²) in [7, 11) is 1.65. The predicted octanol–water partition coefficient (Wildman–Crippen LogP) is 2.63. The number of halogens is 1. The zero-order valence-corrected chi connectivity index (χ0v) is 9.34. The molecule has 1 unspecified atom stereocenters. The number of hydrogen-bond donors (Lipinski definition) is 1. The van der Waals surface area contributed by atoms with Gasteiger partial charge in [-0.25, -0.2) is 0 Å². The van der Waals surface area contributed by atoms with Crippen molar-refractivity contribution < 1.29 is 4.74 Å². The van der Waals surface area contributed by atoms with E-state index in [0.29, 0.717) is 5.88 Å². The monoisotopic (exact) mass is 213 g/mol. The Morgan fingerprint density at radius 2 is 2.21 bits per heavy atom. The molecule has 2 N–H and O–H groups in total. The fourth-order valence-electron chi connectivity index (χ4n) is 1.42.